The summed E-state index contributed by atoms with van der Waals surface area (Å²) in [5.41, 5.74) is 3.03. The summed E-state index contributed by atoms with van der Waals surface area (Å²) in [4.78, 5) is 33.2. The highest BCUT2D eigenvalue weighted by Crippen LogP contribution is 2.27. The van der Waals surface area contributed by atoms with Gasteiger partial charge in [-0.2, -0.15) is 0 Å². The summed E-state index contributed by atoms with van der Waals surface area (Å²) in [5.74, 6) is 0.472. The van der Waals surface area contributed by atoms with Gasteiger partial charge in [0.05, 0.1) is 11.9 Å². The molecule has 3 aromatic rings. The molecule has 7 nitrogen and oxygen atoms in total. The maximum atomic E-state index is 12.7. The molecule has 2 amide bonds. The fraction of sp³-hybridized carbons (Fsp3) is 0.292. The molecule has 2 aromatic heterocycles. The number of pyridine rings is 1. The molecular weight excluding hydrogens is 424 g/mol. The van der Waals surface area contributed by atoms with Crippen molar-refractivity contribution in [2.24, 2.45) is 0 Å². The van der Waals surface area contributed by atoms with Gasteiger partial charge in [-0.15, -0.1) is 11.3 Å². The molecule has 0 radical (unpaired) electrons. The van der Waals surface area contributed by atoms with Crippen LogP contribution in [0.15, 0.2) is 54.0 Å². The van der Waals surface area contributed by atoms with Crippen molar-refractivity contribution in [3.8, 4) is 0 Å². The third kappa shape index (κ3) is 4.51. The van der Waals surface area contributed by atoms with Gasteiger partial charge in [0.2, 0.25) is 0 Å². The van der Waals surface area contributed by atoms with Crippen LogP contribution in [0.5, 0.6) is 0 Å². The second-order valence-electron chi connectivity index (χ2n) is 7.97. The van der Waals surface area contributed by atoms with Crippen LogP contribution in [0.4, 0.5) is 17.2 Å². The van der Waals surface area contributed by atoms with E-state index >= 15 is 0 Å². The van der Waals surface area contributed by atoms with Gasteiger partial charge in [0.1, 0.15) is 11.9 Å². The molecule has 0 saturated carbocycles. The fourth-order valence-electron chi connectivity index (χ4n) is 4.04. The van der Waals surface area contributed by atoms with Crippen molar-refractivity contribution >= 4 is 40.3 Å². The van der Waals surface area contributed by atoms with Gasteiger partial charge in [-0.05, 0) is 66.6 Å². The van der Waals surface area contributed by atoms with Crippen LogP contribution < -0.4 is 15.5 Å². The van der Waals surface area contributed by atoms with E-state index in [1.54, 1.807) is 30.5 Å². The maximum Gasteiger partial charge on any atom is 0.255 e. The summed E-state index contributed by atoms with van der Waals surface area (Å²) < 4.78 is 5.41. The van der Waals surface area contributed by atoms with E-state index in [1.807, 2.05) is 23.5 Å². The zero-order valence-electron chi connectivity index (χ0n) is 17.5. The molecule has 2 aliphatic heterocycles. The van der Waals surface area contributed by atoms with Crippen molar-refractivity contribution in [1.82, 2.24) is 4.98 Å². The topological polar surface area (TPSA) is 83.6 Å². The third-order valence-corrected chi connectivity index (χ3v) is 6.77. The van der Waals surface area contributed by atoms with Crippen molar-refractivity contribution < 1.29 is 14.3 Å². The zero-order valence-corrected chi connectivity index (χ0v) is 18.4. The molecule has 5 rings (SSSR count). The van der Waals surface area contributed by atoms with Crippen LogP contribution in [0.1, 0.15) is 33.6 Å². The molecule has 4 heterocycles. The Balaban J connectivity index is 1.21. The fourth-order valence-corrected chi connectivity index (χ4v) is 4.93. The monoisotopic (exact) mass is 448 g/mol. The number of fused-ring (bicyclic) bond motifs is 1. The lowest BCUT2D eigenvalue weighted by Gasteiger charge is -2.28. The van der Waals surface area contributed by atoms with Gasteiger partial charge >= 0.3 is 0 Å². The number of amides is 2. The standard InChI is InChI=1S/C24H24N4O3S/c29-23(16-3-1-4-18(13-16)26-24(30)20-5-2-11-31-20)27-19-6-7-22(25-14-19)28-10-8-21-17(15-28)9-12-32-21/h1,3-4,6-7,9,12-14,20H,2,5,8,10-11,15H2,(H,26,30)(H,27,29)/t20-/m1/s1. The number of aromatic nitrogens is 1. The Bertz CT molecular complexity index is 1120. The van der Waals surface area contributed by atoms with E-state index in [-0.39, 0.29) is 11.8 Å². The van der Waals surface area contributed by atoms with Gasteiger partial charge in [-0.1, -0.05) is 6.07 Å². The number of carbonyl (C=O) groups excluding carboxylic acids is 2. The Morgan fingerprint density at radius 2 is 2.06 bits per heavy atom. The summed E-state index contributed by atoms with van der Waals surface area (Å²) in [7, 11) is 0. The van der Waals surface area contributed by atoms with Gasteiger partial charge in [0.25, 0.3) is 11.8 Å². The van der Waals surface area contributed by atoms with Crippen LogP contribution in [0.25, 0.3) is 0 Å². The number of ether oxygens (including phenoxy) is 1. The number of carbonyl (C=O) groups is 2. The normalized spacial score (nSPS) is 17.6. The van der Waals surface area contributed by atoms with Crippen LogP contribution >= 0.6 is 11.3 Å². The van der Waals surface area contributed by atoms with E-state index in [4.69, 9.17) is 4.74 Å². The molecule has 0 aliphatic carbocycles. The Kier molecular flexibility index (Phi) is 5.87. The first kappa shape index (κ1) is 20.7. The summed E-state index contributed by atoms with van der Waals surface area (Å²) in [6.45, 7) is 2.42. The molecule has 1 fully saturated rings. The molecule has 0 unspecified atom stereocenters. The smallest absolute Gasteiger partial charge is 0.255 e. The number of thiophene rings is 1. The van der Waals surface area contributed by atoms with E-state index in [1.165, 1.54) is 10.4 Å². The first-order chi connectivity index (χ1) is 15.7. The summed E-state index contributed by atoms with van der Waals surface area (Å²) in [6, 6.07) is 12.9. The molecular formula is C24H24N4O3S. The Labute approximate surface area is 190 Å². The number of anilines is 3. The number of hydrogen-bond acceptors (Lipinski definition) is 6. The van der Waals surface area contributed by atoms with Crippen LogP contribution in [-0.2, 0) is 22.5 Å². The van der Waals surface area contributed by atoms with E-state index in [0.29, 0.717) is 23.5 Å². The number of nitrogens with zero attached hydrogens (tertiary/aromatic N) is 2. The van der Waals surface area contributed by atoms with E-state index in [0.717, 1.165) is 38.2 Å². The Hall–Kier alpha value is -3.23. The molecule has 0 bridgehead atoms. The number of nitrogens with one attached hydrogen (secondary N) is 2. The van der Waals surface area contributed by atoms with Gasteiger partial charge in [0.15, 0.2) is 0 Å². The minimum atomic E-state index is -0.414. The minimum absolute atomic E-state index is 0.174. The second kappa shape index (κ2) is 9.10. The van der Waals surface area contributed by atoms with Crippen LogP contribution in [0, 0.1) is 0 Å². The number of rotatable bonds is 5. The molecule has 0 spiro atoms. The van der Waals surface area contributed by atoms with Gasteiger partial charge < -0.3 is 20.3 Å². The lowest BCUT2D eigenvalue weighted by atomic mass is 10.1. The van der Waals surface area contributed by atoms with Crippen LogP contribution in [0.3, 0.4) is 0 Å². The van der Waals surface area contributed by atoms with E-state index < -0.39 is 6.10 Å². The predicted octanol–water partition coefficient (Wildman–Crippen LogP) is 4.08. The molecule has 2 aliphatic rings. The second-order valence-corrected chi connectivity index (χ2v) is 8.97. The van der Waals surface area contributed by atoms with Crippen LogP contribution in [0.2, 0.25) is 0 Å². The number of hydrogen-bond donors (Lipinski definition) is 2. The summed E-state index contributed by atoms with van der Waals surface area (Å²) in [5, 5.41) is 7.85. The quantitative estimate of drug-likeness (QED) is 0.615. The maximum absolute atomic E-state index is 12.7. The van der Waals surface area contributed by atoms with Crippen LogP contribution in [-0.4, -0.2) is 36.1 Å². The highest BCUT2D eigenvalue weighted by Gasteiger charge is 2.23. The first-order valence-electron chi connectivity index (χ1n) is 10.8. The van der Waals surface area contributed by atoms with E-state index in [2.05, 4.69) is 32.0 Å². The zero-order chi connectivity index (χ0) is 21.9. The highest BCUT2D eigenvalue weighted by molar-refractivity contribution is 7.10. The summed E-state index contributed by atoms with van der Waals surface area (Å²) in [6.07, 6.45) is 3.91. The Morgan fingerprint density at radius 1 is 1.12 bits per heavy atom. The molecule has 32 heavy (non-hydrogen) atoms. The molecule has 1 atom stereocenters. The number of benzene rings is 1. The molecule has 1 saturated heterocycles. The van der Waals surface area contributed by atoms with Crippen molar-refractivity contribution in [3.63, 3.8) is 0 Å². The lowest BCUT2D eigenvalue weighted by molar-refractivity contribution is -0.124. The average Bonchev–Trinajstić information content (AvgIpc) is 3.51. The van der Waals surface area contributed by atoms with Crippen molar-refractivity contribution in [1.29, 1.82) is 0 Å². The first-order valence-corrected chi connectivity index (χ1v) is 11.6. The van der Waals surface area contributed by atoms with Crippen molar-refractivity contribution in [2.45, 2.75) is 31.9 Å². The van der Waals surface area contributed by atoms with Gasteiger partial charge in [0, 0.05) is 35.8 Å². The van der Waals surface area contributed by atoms with Crippen molar-refractivity contribution in [2.75, 3.05) is 28.7 Å². The molecule has 164 valence electrons. The largest absolute Gasteiger partial charge is 0.368 e. The van der Waals surface area contributed by atoms with Crippen molar-refractivity contribution in [3.05, 3.63) is 70.0 Å². The SMILES string of the molecule is O=C(Nc1ccc(N2CCc3sccc3C2)nc1)c1cccc(NC(=O)[C@H]2CCCO2)c1. The molecule has 1 aromatic carbocycles. The minimum Gasteiger partial charge on any atom is -0.368 e. The lowest BCUT2D eigenvalue weighted by Crippen LogP contribution is -2.30. The predicted molar refractivity (Wildman–Crippen MR) is 125 cm³/mol. The molecule has 2 N–H and O–H groups in total. The molecule has 8 heteroatoms. The van der Waals surface area contributed by atoms with Gasteiger partial charge in [-0.25, -0.2) is 4.98 Å². The average molecular weight is 449 g/mol. The highest BCUT2D eigenvalue weighted by atomic mass is 32.1. The Morgan fingerprint density at radius 3 is 2.88 bits per heavy atom. The van der Waals surface area contributed by atoms with Gasteiger partial charge in [-0.3, -0.25) is 9.59 Å². The third-order valence-electron chi connectivity index (χ3n) is 5.75. The van der Waals surface area contributed by atoms with E-state index in [9.17, 15) is 9.59 Å². The summed E-state index contributed by atoms with van der Waals surface area (Å²) >= 11 is 1.82.